The van der Waals surface area contributed by atoms with Crippen molar-refractivity contribution in [2.75, 3.05) is 7.11 Å². The maximum atomic E-state index is 10.7. The van der Waals surface area contributed by atoms with Crippen LogP contribution in [0.3, 0.4) is 0 Å². The highest BCUT2D eigenvalue weighted by Crippen LogP contribution is 2.34. The minimum absolute atomic E-state index is 0.0117. The molecule has 1 N–H and O–H groups in total. The van der Waals surface area contributed by atoms with Gasteiger partial charge in [0.2, 0.25) is 0 Å². The van der Waals surface area contributed by atoms with Crippen molar-refractivity contribution in [1.29, 1.82) is 0 Å². The van der Waals surface area contributed by atoms with E-state index >= 15 is 0 Å². The quantitative estimate of drug-likeness (QED) is 0.510. The lowest BCUT2D eigenvalue weighted by atomic mass is 10.1. The monoisotopic (exact) mass is 422 g/mol. The van der Waals surface area contributed by atoms with E-state index in [1.807, 2.05) is 12.1 Å². The summed E-state index contributed by atoms with van der Waals surface area (Å²) in [5, 5.41) is 14.1. The summed E-state index contributed by atoms with van der Waals surface area (Å²) in [5.74, 6) is 1.25. The molecule has 2 aromatic carbocycles. The van der Waals surface area contributed by atoms with Gasteiger partial charge in [0.1, 0.15) is 6.61 Å². The Balaban J connectivity index is 2.11. The zero-order valence-corrected chi connectivity index (χ0v) is 16.9. The second-order valence-corrected chi connectivity index (χ2v) is 7.76. The Morgan fingerprint density at radius 2 is 1.81 bits per heavy atom. The van der Waals surface area contributed by atoms with Crippen molar-refractivity contribution in [3.63, 3.8) is 0 Å². The highest BCUT2D eigenvalue weighted by molar-refractivity contribution is 9.10. The highest BCUT2D eigenvalue weighted by atomic mass is 79.9. The number of hydrogen-bond donors (Lipinski definition) is 1. The smallest absolute Gasteiger partial charge is 0.269 e. The van der Waals surface area contributed by atoms with Crippen LogP contribution in [0.5, 0.6) is 11.5 Å². The molecule has 0 aliphatic carbocycles. The van der Waals surface area contributed by atoms with Crippen molar-refractivity contribution in [1.82, 2.24) is 5.32 Å². The van der Waals surface area contributed by atoms with Gasteiger partial charge in [-0.05, 0) is 56.2 Å². The largest absolute Gasteiger partial charge is 0.493 e. The number of nitro groups is 1. The summed E-state index contributed by atoms with van der Waals surface area (Å²) in [4.78, 5) is 10.3. The molecule has 0 radical (unpaired) electrons. The van der Waals surface area contributed by atoms with E-state index in [0.717, 1.165) is 15.6 Å². The fraction of sp³-hybridized carbons (Fsp3) is 0.368. The molecule has 26 heavy (non-hydrogen) atoms. The molecule has 0 amide bonds. The zero-order valence-electron chi connectivity index (χ0n) is 15.3. The van der Waals surface area contributed by atoms with Crippen LogP contribution in [0.4, 0.5) is 5.69 Å². The van der Waals surface area contributed by atoms with Crippen LogP contribution in [0.25, 0.3) is 0 Å². The van der Waals surface area contributed by atoms with E-state index in [4.69, 9.17) is 9.47 Å². The van der Waals surface area contributed by atoms with Crippen molar-refractivity contribution in [3.8, 4) is 11.5 Å². The number of benzene rings is 2. The van der Waals surface area contributed by atoms with Crippen molar-refractivity contribution >= 4 is 21.6 Å². The summed E-state index contributed by atoms with van der Waals surface area (Å²) < 4.78 is 12.2. The van der Waals surface area contributed by atoms with E-state index in [2.05, 4.69) is 42.0 Å². The van der Waals surface area contributed by atoms with Crippen molar-refractivity contribution in [2.24, 2.45) is 0 Å². The Morgan fingerprint density at radius 1 is 1.15 bits per heavy atom. The predicted octanol–water partition coefficient (Wildman–Crippen LogP) is 4.83. The molecule has 0 unspecified atom stereocenters. The van der Waals surface area contributed by atoms with Gasteiger partial charge in [0.05, 0.1) is 12.0 Å². The Bertz CT molecular complexity index is 770. The lowest BCUT2D eigenvalue weighted by Gasteiger charge is -2.22. The van der Waals surface area contributed by atoms with E-state index in [0.29, 0.717) is 24.7 Å². The molecule has 0 saturated carbocycles. The Labute approximate surface area is 161 Å². The second kappa shape index (κ2) is 8.51. The van der Waals surface area contributed by atoms with Crippen molar-refractivity contribution in [3.05, 3.63) is 62.1 Å². The molecular formula is C19H23BrN2O4. The minimum Gasteiger partial charge on any atom is -0.493 e. The Morgan fingerprint density at radius 3 is 2.35 bits per heavy atom. The fourth-order valence-corrected chi connectivity index (χ4v) is 2.68. The molecule has 0 aliphatic rings. The molecule has 0 fully saturated rings. The maximum absolute atomic E-state index is 10.7. The molecule has 0 heterocycles. The summed E-state index contributed by atoms with van der Waals surface area (Å²) in [6, 6.07) is 10.1. The number of rotatable bonds is 7. The van der Waals surface area contributed by atoms with Crippen LogP contribution < -0.4 is 14.8 Å². The second-order valence-electron chi connectivity index (χ2n) is 6.91. The van der Waals surface area contributed by atoms with Crippen LogP contribution in [0.2, 0.25) is 0 Å². The van der Waals surface area contributed by atoms with Crippen LogP contribution in [0.15, 0.2) is 40.9 Å². The zero-order chi connectivity index (χ0) is 19.3. The van der Waals surface area contributed by atoms with E-state index in [1.165, 1.54) is 12.1 Å². The SMILES string of the molecule is COc1cc(CNC(C)(C)C)c(Br)cc1OCc1ccc([N+](=O)[O-])cc1. The van der Waals surface area contributed by atoms with Crippen molar-refractivity contribution < 1.29 is 14.4 Å². The summed E-state index contributed by atoms with van der Waals surface area (Å²) in [6.45, 7) is 7.32. The molecule has 0 bridgehead atoms. The van der Waals surface area contributed by atoms with Crippen LogP contribution in [-0.2, 0) is 13.2 Å². The standard InChI is InChI=1S/C19H23BrN2O4/c1-19(2,3)21-11-14-9-17(25-4)18(10-16(14)20)26-12-13-5-7-15(8-6-13)22(23)24/h5-10,21H,11-12H2,1-4H3. The summed E-state index contributed by atoms with van der Waals surface area (Å²) in [6.07, 6.45) is 0. The molecule has 0 aromatic heterocycles. The average molecular weight is 423 g/mol. The first-order valence-corrected chi connectivity index (χ1v) is 8.96. The minimum atomic E-state index is -0.422. The topological polar surface area (TPSA) is 73.6 Å². The number of hydrogen-bond acceptors (Lipinski definition) is 5. The number of halogens is 1. The fourth-order valence-electron chi connectivity index (χ4n) is 2.22. The number of nitrogens with one attached hydrogen (secondary N) is 1. The molecule has 140 valence electrons. The number of non-ortho nitro benzene ring substituents is 1. The lowest BCUT2D eigenvalue weighted by molar-refractivity contribution is -0.384. The van der Waals surface area contributed by atoms with Gasteiger partial charge in [-0.2, -0.15) is 0 Å². The van der Waals surface area contributed by atoms with Gasteiger partial charge in [-0.25, -0.2) is 0 Å². The van der Waals surface area contributed by atoms with E-state index < -0.39 is 4.92 Å². The predicted molar refractivity (Wildman–Crippen MR) is 105 cm³/mol. The van der Waals surface area contributed by atoms with Crippen LogP contribution >= 0.6 is 15.9 Å². The number of nitro benzene ring substituents is 1. The Hall–Kier alpha value is -2.12. The van der Waals surface area contributed by atoms with Crippen LogP contribution in [0, 0.1) is 10.1 Å². The molecule has 0 spiro atoms. The van der Waals surface area contributed by atoms with Crippen LogP contribution in [-0.4, -0.2) is 17.6 Å². The van der Waals surface area contributed by atoms with Gasteiger partial charge in [-0.3, -0.25) is 10.1 Å². The molecular weight excluding hydrogens is 400 g/mol. The molecule has 0 aliphatic heterocycles. The highest BCUT2D eigenvalue weighted by Gasteiger charge is 2.14. The summed E-state index contributed by atoms with van der Waals surface area (Å²) in [5.41, 5.74) is 1.98. The third-order valence-corrected chi connectivity index (χ3v) is 4.42. The summed E-state index contributed by atoms with van der Waals surface area (Å²) in [7, 11) is 1.60. The molecule has 0 saturated heterocycles. The van der Waals surface area contributed by atoms with E-state index in [1.54, 1.807) is 19.2 Å². The van der Waals surface area contributed by atoms with Gasteiger partial charge < -0.3 is 14.8 Å². The third kappa shape index (κ3) is 5.71. The molecule has 0 atom stereocenters. The van der Waals surface area contributed by atoms with Gasteiger partial charge in [-0.1, -0.05) is 15.9 Å². The van der Waals surface area contributed by atoms with Gasteiger partial charge in [0, 0.05) is 28.7 Å². The molecule has 7 heteroatoms. The number of nitrogens with zero attached hydrogens (tertiary/aromatic N) is 1. The first-order valence-electron chi connectivity index (χ1n) is 8.17. The van der Waals surface area contributed by atoms with E-state index in [9.17, 15) is 10.1 Å². The third-order valence-electron chi connectivity index (χ3n) is 3.68. The maximum Gasteiger partial charge on any atom is 0.269 e. The Kier molecular flexibility index (Phi) is 6.61. The summed E-state index contributed by atoms with van der Waals surface area (Å²) >= 11 is 3.58. The number of ether oxygens (including phenoxy) is 2. The normalized spacial score (nSPS) is 11.3. The van der Waals surface area contributed by atoms with E-state index in [-0.39, 0.29) is 11.2 Å². The van der Waals surface area contributed by atoms with Gasteiger partial charge in [0.15, 0.2) is 11.5 Å². The first-order chi connectivity index (χ1) is 12.2. The average Bonchev–Trinajstić information content (AvgIpc) is 2.58. The molecule has 6 nitrogen and oxygen atoms in total. The lowest BCUT2D eigenvalue weighted by Crippen LogP contribution is -2.35. The van der Waals surface area contributed by atoms with Crippen LogP contribution in [0.1, 0.15) is 31.9 Å². The van der Waals surface area contributed by atoms with Gasteiger partial charge >= 0.3 is 0 Å². The number of methoxy groups -OCH3 is 1. The molecule has 2 aromatic rings. The van der Waals surface area contributed by atoms with Crippen molar-refractivity contribution in [2.45, 2.75) is 39.5 Å². The molecule has 2 rings (SSSR count). The van der Waals surface area contributed by atoms with Gasteiger partial charge in [-0.15, -0.1) is 0 Å². The first kappa shape index (κ1) is 20.2. The van der Waals surface area contributed by atoms with Gasteiger partial charge in [0.25, 0.3) is 5.69 Å².